The van der Waals surface area contributed by atoms with Gasteiger partial charge in [-0.15, -0.1) is 0 Å². The first kappa shape index (κ1) is 13.4. The molecule has 0 saturated carbocycles. The van der Waals surface area contributed by atoms with Crippen molar-refractivity contribution in [1.82, 2.24) is 4.98 Å². The zero-order chi connectivity index (χ0) is 14.8. The van der Waals surface area contributed by atoms with Gasteiger partial charge in [-0.2, -0.15) is 0 Å². The lowest BCUT2D eigenvalue weighted by Gasteiger charge is -2.10. The number of aromatic amines is 1. The second-order valence-electron chi connectivity index (χ2n) is 5.11. The van der Waals surface area contributed by atoms with Crippen molar-refractivity contribution in [3.8, 4) is 11.5 Å². The number of pyridine rings is 1. The number of nitrogens with one attached hydrogen (secondary N) is 1. The first-order valence-corrected chi connectivity index (χ1v) is 7.07. The van der Waals surface area contributed by atoms with E-state index in [1.807, 2.05) is 56.3 Å². The number of hydrogen-bond acceptors (Lipinski definition) is 2. The predicted octanol–water partition coefficient (Wildman–Crippen LogP) is 4.19. The van der Waals surface area contributed by atoms with Gasteiger partial charge in [0.05, 0.1) is 5.52 Å². The predicted molar refractivity (Wildman–Crippen MR) is 85.2 cm³/mol. The normalized spacial score (nSPS) is 10.8. The lowest BCUT2D eigenvalue weighted by molar-refractivity contribution is 0.487. The quantitative estimate of drug-likeness (QED) is 0.781. The zero-order valence-electron chi connectivity index (χ0n) is 12.1. The van der Waals surface area contributed by atoms with Crippen LogP contribution in [0.1, 0.15) is 18.2 Å². The van der Waals surface area contributed by atoms with Crippen LogP contribution < -0.4 is 10.2 Å². The Balaban J connectivity index is 2.11. The maximum Gasteiger partial charge on any atom is 0.189 e. The first-order valence-electron chi connectivity index (χ1n) is 7.07. The Bertz CT molecular complexity index is 832. The number of para-hydroxylation sites is 1. The third-order valence-corrected chi connectivity index (χ3v) is 3.51. The van der Waals surface area contributed by atoms with Crippen molar-refractivity contribution in [3.05, 3.63) is 70.0 Å². The Labute approximate surface area is 123 Å². The van der Waals surface area contributed by atoms with Crippen molar-refractivity contribution < 1.29 is 4.74 Å². The summed E-state index contributed by atoms with van der Waals surface area (Å²) in [5.41, 5.74) is 2.87. The molecular formula is C18H17NO2. The van der Waals surface area contributed by atoms with Crippen molar-refractivity contribution >= 4 is 10.9 Å². The fourth-order valence-electron chi connectivity index (χ4n) is 2.31. The minimum atomic E-state index is 0.0231. The van der Waals surface area contributed by atoms with Gasteiger partial charge in [-0.1, -0.05) is 30.7 Å². The largest absolute Gasteiger partial charge is 0.455 e. The topological polar surface area (TPSA) is 42.1 Å². The van der Waals surface area contributed by atoms with Crippen LogP contribution >= 0.6 is 0 Å². The zero-order valence-corrected chi connectivity index (χ0v) is 12.1. The molecule has 0 radical (unpaired) electrons. The lowest BCUT2D eigenvalue weighted by atomic mass is 10.1. The molecule has 3 heteroatoms. The molecule has 0 amide bonds. The Morgan fingerprint density at radius 3 is 2.57 bits per heavy atom. The molecule has 0 aliphatic carbocycles. The SMILES string of the molecule is CCc1cc(=O)c2cccc(Oc3ccc(C)cc3)c2[nH]1. The molecule has 3 aromatic rings. The van der Waals surface area contributed by atoms with Gasteiger partial charge >= 0.3 is 0 Å². The summed E-state index contributed by atoms with van der Waals surface area (Å²) in [6.07, 6.45) is 0.782. The van der Waals surface area contributed by atoms with E-state index in [9.17, 15) is 4.79 Å². The number of hydrogen-bond donors (Lipinski definition) is 1. The molecule has 106 valence electrons. The molecule has 3 nitrogen and oxygen atoms in total. The van der Waals surface area contributed by atoms with Gasteiger partial charge in [0.15, 0.2) is 11.2 Å². The average Bonchev–Trinajstić information content (AvgIpc) is 2.50. The van der Waals surface area contributed by atoms with Gasteiger partial charge in [0.25, 0.3) is 0 Å². The number of ether oxygens (including phenoxy) is 1. The summed E-state index contributed by atoms with van der Waals surface area (Å²) in [6, 6.07) is 15.0. The van der Waals surface area contributed by atoms with Crippen molar-refractivity contribution in [1.29, 1.82) is 0 Å². The van der Waals surface area contributed by atoms with E-state index in [1.165, 1.54) is 5.56 Å². The van der Waals surface area contributed by atoms with Crippen molar-refractivity contribution in [2.75, 3.05) is 0 Å². The van der Waals surface area contributed by atoms with Crippen LogP contribution in [0.4, 0.5) is 0 Å². The first-order chi connectivity index (χ1) is 10.2. The second kappa shape index (κ2) is 5.44. The molecular weight excluding hydrogens is 262 g/mol. The number of fused-ring (bicyclic) bond motifs is 1. The van der Waals surface area contributed by atoms with Crippen LogP contribution in [0.15, 0.2) is 53.3 Å². The van der Waals surface area contributed by atoms with E-state index >= 15 is 0 Å². The monoisotopic (exact) mass is 279 g/mol. The highest BCUT2D eigenvalue weighted by atomic mass is 16.5. The molecule has 1 heterocycles. The summed E-state index contributed by atoms with van der Waals surface area (Å²) in [5.74, 6) is 1.43. The van der Waals surface area contributed by atoms with E-state index in [1.54, 1.807) is 6.07 Å². The van der Waals surface area contributed by atoms with Crippen molar-refractivity contribution in [2.24, 2.45) is 0 Å². The van der Waals surface area contributed by atoms with Crippen LogP contribution in [0.5, 0.6) is 11.5 Å². The summed E-state index contributed by atoms with van der Waals surface area (Å²) in [5, 5.41) is 0.650. The standard InChI is InChI=1S/C18H17NO2/c1-3-13-11-16(20)15-5-4-6-17(18(15)19-13)21-14-9-7-12(2)8-10-14/h4-11H,3H2,1-2H3,(H,19,20). The highest BCUT2D eigenvalue weighted by Gasteiger charge is 2.07. The van der Waals surface area contributed by atoms with Crippen LogP contribution in [-0.2, 0) is 6.42 Å². The Kier molecular flexibility index (Phi) is 3.48. The smallest absolute Gasteiger partial charge is 0.189 e. The molecule has 0 bridgehead atoms. The molecule has 21 heavy (non-hydrogen) atoms. The Hall–Kier alpha value is -2.55. The Morgan fingerprint density at radius 2 is 1.86 bits per heavy atom. The molecule has 2 aromatic carbocycles. The number of rotatable bonds is 3. The van der Waals surface area contributed by atoms with E-state index in [0.717, 1.165) is 23.4 Å². The number of H-pyrrole nitrogens is 1. The molecule has 1 N–H and O–H groups in total. The minimum absolute atomic E-state index is 0.0231. The molecule has 0 saturated heterocycles. The van der Waals surface area contributed by atoms with Gasteiger partial charge in [0.1, 0.15) is 5.75 Å². The van der Waals surface area contributed by atoms with Crippen molar-refractivity contribution in [3.63, 3.8) is 0 Å². The molecule has 0 fully saturated rings. The molecule has 0 unspecified atom stereocenters. The van der Waals surface area contributed by atoms with Crippen LogP contribution in [0, 0.1) is 6.92 Å². The van der Waals surface area contributed by atoms with Gasteiger partial charge in [-0.25, -0.2) is 0 Å². The van der Waals surface area contributed by atoms with Crippen LogP contribution in [-0.4, -0.2) is 4.98 Å². The van der Waals surface area contributed by atoms with Crippen molar-refractivity contribution in [2.45, 2.75) is 20.3 Å². The minimum Gasteiger partial charge on any atom is -0.455 e. The van der Waals surface area contributed by atoms with E-state index in [2.05, 4.69) is 4.98 Å². The summed E-state index contributed by atoms with van der Waals surface area (Å²) in [7, 11) is 0. The Morgan fingerprint density at radius 1 is 1.10 bits per heavy atom. The van der Waals surface area contributed by atoms with E-state index in [0.29, 0.717) is 11.1 Å². The van der Waals surface area contributed by atoms with E-state index in [-0.39, 0.29) is 5.43 Å². The average molecular weight is 279 g/mol. The third-order valence-electron chi connectivity index (χ3n) is 3.51. The summed E-state index contributed by atoms with van der Waals surface area (Å²) < 4.78 is 5.93. The van der Waals surface area contributed by atoms with Gasteiger partial charge in [0, 0.05) is 17.1 Å². The molecule has 0 aliphatic heterocycles. The van der Waals surface area contributed by atoms with Gasteiger partial charge in [0.2, 0.25) is 0 Å². The summed E-state index contributed by atoms with van der Waals surface area (Å²) in [6.45, 7) is 4.05. The highest BCUT2D eigenvalue weighted by molar-refractivity contribution is 5.84. The van der Waals surface area contributed by atoms with Gasteiger partial charge in [-0.05, 0) is 37.6 Å². The molecule has 3 rings (SSSR count). The third kappa shape index (κ3) is 2.68. The maximum atomic E-state index is 12.1. The lowest BCUT2D eigenvalue weighted by Crippen LogP contribution is -2.05. The summed E-state index contributed by atoms with van der Waals surface area (Å²) >= 11 is 0. The fourth-order valence-corrected chi connectivity index (χ4v) is 2.31. The number of benzene rings is 2. The number of aryl methyl sites for hydroxylation is 2. The molecule has 0 spiro atoms. The number of aromatic nitrogens is 1. The van der Waals surface area contributed by atoms with E-state index < -0.39 is 0 Å². The van der Waals surface area contributed by atoms with Crippen LogP contribution in [0.25, 0.3) is 10.9 Å². The van der Waals surface area contributed by atoms with Gasteiger partial charge in [-0.3, -0.25) is 4.79 Å². The van der Waals surface area contributed by atoms with Gasteiger partial charge < -0.3 is 9.72 Å². The van der Waals surface area contributed by atoms with E-state index in [4.69, 9.17) is 4.74 Å². The van der Waals surface area contributed by atoms with Crippen LogP contribution in [0.3, 0.4) is 0 Å². The second-order valence-corrected chi connectivity index (χ2v) is 5.11. The van der Waals surface area contributed by atoms with Crippen LogP contribution in [0.2, 0.25) is 0 Å². The molecule has 0 atom stereocenters. The molecule has 1 aromatic heterocycles. The summed E-state index contributed by atoms with van der Waals surface area (Å²) in [4.78, 5) is 15.4. The fraction of sp³-hybridized carbons (Fsp3) is 0.167. The molecule has 0 aliphatic rings. The highest BCUT2D eigenvalue weighted by Crippen LogP contribution is 2.27. The maximum absolute atomic E-state index is 12.1.